The van der Waals surface area contributed by atoms with E-state index in [0.717, 1.165) is 12.0 Å². The van der Waals surface area contributed by atoms with Crippen molar-refractivity contribution in [2.24, 2.45) is 5.92 Å². The van der Waals surface area contributed by atoms with E-state index in [1.165, 1.54) is 17.7 Å². The van der Waals surface area contributed by atoms with Gasteiger partial charge in [0.15, 0.2) is 0 Å². The van der Waals surface area contributed by atoms with Gasteiger partial charge >= 0.3 is 0 Å². The van der Waals surface area contributed by atoms with Crippen molar-refractivity contribution in [2.75, 3.05) is 0 Å². The van der Waals surface area contributed by atoms with Gasteiger partial charge in [0.2, 0.25) is 0 Å². The molecule has 20 heavy (non-hydrogen) atoms. The third-order valence-corrected chi connectivity index (χ3v) is 3.91. The van der Waals surface area contributed by atoms with E-state index in [9.17, 15) is 9.50 Å². The molecule has 0 aromatic heterocycles. The standard InChI is InChI=1S/C17H18BrFO/c1-11(2)9-12-3-5-13(6-4-12)17(20)15-10-14(19)7-8-16(15)18/h3-8,10-11,17,20H,9H2,1-2H3. The minimum absolute atomic E-state index is 0.348. The molecule has 0 bridgehead atoms. The topological polar surface area (TPSA) is 20.2 Å². The molecule has 0 fully saturated rings. The van der Waals surface area contributed by atoms with Crippen LogP contribution in [-0.2, 0) is 6.42 Å². The molecule has 0 aliphatic heterocycles. The molecule has 0 aliphatic rings. The van der Waals surface area contributed by atoms with E-state index in [1.807, 2.05) is 24.3 Å². The van der Waals surface area contributed by atoms with Crippen molar-refractivity contribution in [3.05, 3.63) is 69.4 Å². The molecule has 1 N–H and O–H groups in total. The van der Waals surface area contributed by atoms with Gasteiger partial charge in [-0.15, -0.1) is 0 Å². The maximum Gasteiger partial charge on any atom is 0.123 e. The summed E-state index contributed by atoms with van der Waals surface area (Å²) in [6.07, 6.45) is 0.188. The highest BCUT2D eigenvalue weighted by atomic mass is 79.9. The number of hydrogen-bond donors (Lipinski definition) is 1. The molecule has 0 spiro atoms. The number of hydrogen-bond acceptors (Lipinski definition) is 1. The fourth-order valence-corrected chi connectivity index (χ4v) is 2.67. The fraction of sp³-hybridized carbons (Fsp3) is 0.294. The number of benzene rings is 2. The van der Waals surface area contributed by atoms with Gasteiger partial charge in [-0.25, -0.2) is 4.39 Å². The van der Waals surface area contributed by atoms with Gasteiger partial charge in [0.05, 0.1) is 0 Å². The first-order valence-electron chi connectivity index (χ1n) is 6.69. The van der Waals surface area contributed by atoms with Gasteiger partial charge in [-0.3, -0.25) is 0 Å². The molecule has 1 unspecified atom stereocenters. The number of aliphatic hydroxyl groups is 1. The number of aliphatic hydroxyl groups excluding tert-OH is 1. The van der Waals surface area contributed by atoms with Crippen molar-refractivity contribution in [1.82, 2.24) is 0 Å². The van der Waals surface area contributed by atoms with E-state index in [-0.39, 0.29) is 5.82 Å². The summed E-state index contributed by atoms with van der Waals surface area (Å²) < 4.78 is 14.0. The third-order valence-electron chi connectivity index (χ3n) is 3.19. The van der Waals surface area contributed by atoms with Crippen molar-refractivity contribution in [3.8, 4) is 0 Å². The second kappa shape index (κ2) is 6.51. The first-order chi connectivity index (χ1) is 9.47. The van der Waals surface area contributed by atoms with E-state index < -0.39 is 6.10 Å². The Morgan fingerprint density at radius 3 is 2.35 bits per heavy atom. The zero-order valence-electron chi connectivity index (χ0n) is 11.6. The Morgan fingerprint density at radius 1 is 1.10 bits per heavy atom. The maximum absolute atomic E-state index is 13.3. The molecule has 3 heteroatoms. The minimum Gasteiger partial charge on any atom is -0.384 e. The predicted octanol–water partition coefficient (Wildman–Crippen LogP) is 4.87. The van der Waals surface area contributed by atoms with Crippen LogP contribution in [0.15, 0.2) is 46.9 Å². The smallest absolute Gasteiger partial charge is 0.123 e. The number of rotatable bonds is 4. The summed E-state index contributed by atoms with van der Waals surface area (Å²) in [5, 5.41) is 10.4. The first kappa shape index (κ1) is 15.2. The summed E-state index contributed by atoms with van der Waals surface area (Å²) >= 11 is 3.35. The van der Waals surface area contributed by atoms with Crippen molar-refractivity contribution in [1.29, 1.82) is 0 Å². The highest BCUT2D eigenvalue weighted by Gasteiger charge is 2.14. The van der Waals surface area contributed by atoms with Gasteiger partial charge in [-0.2, -0.15) is 0 Å². The largest absolute Gasteiger partial charge is 0.384 e. The van der Waals surface area contributed by atoms with Gasteiger partial charge in [0.25, 0.3) is 0 Å². The molecule has 2 aromatic rings. The SMILES string of the molecule is CC(C)Cc1ccc(C(O)c2cc(F)ccc2Br)cc1. The Balaban J connectivity index is 2.24. The van der Waals surface area contributed by atoms with Crippen LogP contribution in [0.5, 0.6) is 0 Å². The van der Waals surface area contributed by atoms with Crippen LogP contribution in [0.1, 0.15) is 36.6 Å². The molecule has 0 aliphatic carbocycles. The van der Waals surface area contributed by atoms with Crippen molar-refractivity contribution < 1.29 is 9.50 Å². The summed E-state index contributed by atoms with van der Waals surface area (Å²) in [5.74, 6) is 0.252. The second-order valence-electron chi connectivity index (χ2n) is 5.41. The molecule has 2 aromatic carbocycles. The van der Waals surface area contributed by atoms with Crippen LogP contribution in [0.25, 0.3) is 0 Å². The Morgan fingerprint density at radius 2 is 1.75 bits per heavy atom. The Labute approximate surface area is 127 Å². The summed E-state index contributed by atoms with van der Waals surface area (Å²) in [4.78, 5) is 0. The lowest BCUT2D eigenvalue weighted by Gasteiger charge is -2.14. The van der Waals surface area contributed by atoms with Crippen LogP contribution in [0.3, 0.4) is 0 Å². The van der Waals surface area contributed by atoms with E-state index in [0.29, 0.717) is 16.0 Å². The van der Waals surface area contributed by atoms with E-state index >= 15 is 0 Å². The minimum atomic E-state index is -0.826. The van der Waals surface area contributed by atoms with Crippen LogP contribution >= 0.6 is 15.9 Å². The average molecular weight is 337 g/mol. The molecule has 1 nitrogen and oxygen atoms in total. The third kappa shape index (κ3) is 3.68. The Hall–Kier alpha value is -1.19. The van der Waals surface area contributed by atoms with E-state index in [4.69, 9.17) is 0 Å². The summed E-state index contributed by atoms with van der Waals surface area (Å²) in [7, 11) is 0. The van der Waals surface area contributed by atoms with E-state index in [1.54, 1.807) is 6.07 Å². The second-order valence-corrected chi connectivity index (χ2v) is 6.26. The lowest BCUT2D eigenvalue weighted by Crippen LogP contribution is -2.02. The van der Waals surface area contributed by atoms with Crippen molar-refractivity contribution in [2.45, 2.75) is 26.4 Å². The molecule has 106 valence electrons. The lowest BCUT2D eigenvalue weighted by atomic mass is 9.97. The van der Waals surface area contributed by atoms with Crippen LogP contribution < -0.4 is 0 Å². The molecule has 0 amide bonds. The zero-order valence-corrected chi connectivity index (χ0v) is 13.2. The van der Waals surface area contributed by atoms with E-state index in [2.05, 4.69) is 29.8 Å². The highest BCUT2D eigenvalue weighted by molar-refractivity contribution is 9.10. The molecule has 0 saturated heterocycles. The first-order valence-corrected chi connectivity index (χ1v) is 7.48. The summed E-state index contributed by atoms with van der Waals surface area (Å²) in [5.41, 5.74) is 2.56. The Kier molecular flexibility index (Phi) is 4.95. The van der Waals surface area contributed by atoms with Gasteiger partial charge in [0, 0.05) is 10.0 Å². The molecule has 0 heterocycles. The molecule has 0 saturated carbocycles. The molecule has 2 rings (SSSR count). The molecular weight excluding hydrogens is 319 g/mol. The maximum atomic E-state index is 13.3. The summed E-state index contributed by atoms with van der Waals surface area (Å²) in [6, 6.07) is 12.2. The predicted molar refractivity (Wildman–Crippen MR) is 83.1 cm³/mol. The lowest BCUT2D eigenvalue weighted by molar-refractivity contribution is 0.219. The average Bonchev–Trinajstić information content (AvgIpc) is 2.41. The Bertz CT molecular complexity index is 578. The van der Waals surface area contributed by atoms with Crippen LogP contribution in [0, 0.1) is 11.7 Å². The van der Waals surface area contributed by atoms with Crippen molar-refractivity contribution in [3.63, 3.8) is 0 Å². The van der Waals surface area contributed by atoms with Crippen LogP contribution in [0.4, 0.5) is 4.39 Å². The molecular formula is C17H18BrFO. The van der Waals surface area contributed by atoms with Crippen molar-refractivity contribution >= 4 is 15.9 Å². The molecule has 0 radical (unpaired) electrons. The van der Waals surface area contributed by atoms with Crippen LogP contribution in [0.2, 0.25) is 0 Å². The summed E-state index contributed by atoms with van der Waals surface area (Å²) in [6.45, 7) is 4.35. The monoisotopic (exact) mass is 336 g/mol. The zero-order chi connectivity index (χ0) is 14.7. The fourth-order valence-electron chi connectivity index (χ4n) is 2.21. The number of halogens is 2. The normalized spacial score (nSPS) is 12.7. The quantitative estimate of drug-likeness (QED) is 0.844. The van der Waals surface area contributed by atoms with Gasteiger partial charge < -0.3 is 5.11 Å². The molecule has 1 atom stereocenters. The van der Waals surface area contributed by atoms with Gasteiger partial charge in [-0.05, 0) is 41.7 Å². The van der Waals surface area contributed by atoms with Gasteiger partial charge in [0.1, 0.15) is 11.9 Å². The van der Waals surface area contributed by atoms with Crippen LogP contribution in [-0.4, -0.2) is 5.11 Å². The van der Waals surface area contributed by atoms with Gasteiger partial charge in [-0.1, -0.05) is 54.0 Å². The highest BCUT2D eigenvalue weighted by Crippen LogP contribution is 2.29.